The molecule has 5 nitrogen and oxygen atoms in total. The third-order valence-corrected chi connectivity index (χ3v) is 9.83. The molecule has 24 heavy (non-hydrogen) atoms. The van der Waals surface area contributed by atoms with Crippen LogP contribution in [-0.4, -0.2) is 96.5 Å². The fourth-order valence-electron chi connectivity index (χ4n) is 2.75. The van der Waals surface area contributed by atoms with Gasteiger partial charge in [0.25, 0.3) is 0 Å². The third kappa shape index (κ3) is 5.01. The number of sulfone groups is 1. The van der Waals surface area contributed by atoms with Crippen molar-refractivity contribution in [2.45, 2.75) is 39.5 Å². The summed E-state index contributed by atoms with van der Waals surface area (Å²) in [6, 6.07) is 0. The first kappa shape index (κ1) is 20.3. The number of rotatable bonds is 10. The van der Waals surface area contributed by atoms with E-state index in [-0.39, 0.29) is 29.0 Å². The van der Waals surface area contributed by atoms with Gasteiger partial charge in [0.1, 0.15) is 0 Å². The molecule has 2 aliphatic carbocycles. The number of Topliss-reactive ketones (excluding diaryl/α,β-unsaturated/α-hetero) is 1. The monoisotopic (exact) mass is 486 g/mol. The molecular weight excluding hydrogens is 458 g/mol. The van der Waals surface area contributed by atoms with Crippen LogP contribution >= 0.6 is 0 Å². The molecule has 136 valence electrons. The molecule has 0 aromatic carbocycles. The van der Waals surface area contributed by atoms with Crippen LogP contribution in [0.15, 0.2) is 0 Å². The molecular formula is C16H26N2O3SSe2. The van der Waals surface area contributed by atoms with E-state index in [1.165, 1.54) is 0 Å². The molecule has 0 atom stereocenters. The summed E-state index contributed by atoms with van der Waals surface area (Å²) in [5.41, 5.74) is 0.242. The Hall–Kier alpha value is -0.00104. The van der Waals surface area contributed by atoms with Crippen LogP contribution in [0.5, 0.6) is 0 Å². The Morgan fingerprint density at radius 2 is 1.38 bits per heavy atom. The Kier molecular flexibility index (Phi) is 5.89. The molecule has 0 radical (unpaired) electrons. The molecule has 0 aromatic heterocycles. The summed E-state index contributed by atoms with van der Waals surface area (Å²) < 4.78 is 26.7. The minimum absolute atomic E-state index is 0.0934. The average Bonchev–Trinajstić information content (AvgIpc) is 3.36. The number of carbonyl (C=O) groups is 1. The van der Waals surface area contributed by atoms with Crippen LogP contribution in [0, 0.1) is 10.8 Å². The number of likely N-dealkylation sites (N-methyl/N-ethyl adjacent to an activating group) is 1. The van der Waals surface area contributed by atoms with Crippen molar-refractivity contribution >= 4 is 55.9 Å². The Balaban J connectivity index is 1.85. The molecule has 0 aliphatic heterocycles. The van der Waals surface area contributed by atoms with Gasteiger partial charge in [0.05, 0.1) is 0 Å². The van der Waals surface area contributed by atoms with E-state index in [9.17, 15) is 13.2 Å². The Morgan fingerprint density at radius 3 is 1.79 bits per heavy atom. The average molecular weight is 484 g/mol. The zero-order valence-electron chi connectivity index (χ0n) is 14.8. The van der Waals surface area contributed by atoms with E-state index in [1.54, 1.807) is 11.9 Å². The van der Waals surface area contributed by atoms with Crippen LogP contribution < -0.4 is 0 Å². The van der Waals surface area contributed by atoms with E-state index in [0.717, 1.165) is 34.8 Å². The van der Waals surface area contributed by atoms with Gasteiger partial charge in [-0.15, -0.1) is 0 Å². The van der Waals surface area contributed by atoms with Crippen molar-refractivity contribution in [1.82, 2.24) is 9.80 Å². The van der Waals surface area contributed by atoms with E-state index in [4.69, 9.17) is 0 Å². The molecule has 0 heterocycles. The maximum atomic E-state index is 12.3. The first-order valence-corrected chi connectivity index (χ1v) is 11.7. The van der Waals surface area contributed by atoms with Gasteiger partial charge in [-0.25, -0.2) is 0 Å². The van der Waals surface area contributed by atoms with Gasteiger partial charge in [0, 0.05) is 0 Å². The van der Waals surface area contributed by atoms with Crippen molar-refractivity contribution in [1.29, 1.82) is 0 Å². The Labute approximate surface area is 161 Å². The first-order chi connectivity index (χ1) is 10.9. The summed E-state index contributed by atoms with van der Waals surface area (Å²) in [5.74, 6) is -0.787. The van der Waals surface area contributed by atoms with Crippen molar-refractivity contribution in [3.05, 3.63) is 0 Å². The second-order valence-corrected chi connectivity index (χ2v) is 11.5. The summed E-state index contributed by atoms with van der Waals surface area (Å²) in [7, 11) is 0.149. The molecule has 0 unspecified atom stereocenters. The van der Waals surface area contributed by atoms with Crippen molar-refractivity contribution in [3.63, 3.8) is 0 Å². The van der Waals surface area contributed by atoms with Crippen LogP contribution in [0.25, 0.3) is 0 Å². The molecule has 0 spiro atoms. The molecule has 2 saturated carbocycles. The molecule has 0 saturated heterocycles. The van der Waals surface area contributed by atoms with Gasteiger partial charge in [0.15, 0.2) is 0 Å². The Morgan fingerprint density at radius 1 is 0.958 bits per heavy atom. The maximum absolute atomic E-state index is 12.3. The van der Waals surface area contributed by atoms with Crippen molar-refractivity contribution in [3.8, 4) is 0 Å². The van der Waals surface area contributed by atoms with Crippen LogP contribution in [0.1, 0.15) is 39.5 Å². The summed E-state index contributed by atoms with van der Waals surface area (Å²) in [6.45, 7) is 4.40. The van der Waals surface area contributed by atoms with Crippen molar-refractivity contribution < 1.29 is 13.2 Å². The fourth-order valence-corrected chi connectivity index (χ4v) is 5.46. The quantitative estimate of drug-likeness (QED) is 0.409. The van der Waals surface area contributed by atoms with Gasteiger partial charge in [-0.3, -0.25) is 0 Å². The predicted molar refractivity (Wildman–Crippen MR) is 100 cm³/mol. The molecule has 0 N–H and O–H groups in total. The summed E-state index contributed by atoms with van der Waals surface area (Å²) in [6.07, 6.45) is 4.38. The van der Waals surface area contributed by atoms with E-state index in [1.807, 2.05) is 11.9 Å². The van der Waals surface area contributed by atoms with Gasteiger partial charge < -0.3 is 0 Å². The molecule has 0 amide bonds. The first-order valence-electron chi connectivity index (χ1n) is 8.12. The zero-order valence-corrected chi connectivity index (χ0v) is 19.0. The molecule has 8 heteroatoms. The van der Waals surface area contributed by atoms with Gasteiger partial charge >= 0.3 is 161 Å². The molecule has 2 rings (SSSR count). The standard InChI is InChI=1S/C16H26N2O3SSe2/c1-15(5-6-15)13(23)17(3)9-12(19)10-22(20,21)11-18(4)14(24)16(2)7-8-16/h5-11H2,1-4H3. The number of hydrogen-bond acceptors (Lipinski definition) is 5. The topological polar surface area (TPSA) is 57.7 Å². The summed E-state index contributed by atoms with van der Waals surface area (Å²) in [5, 5.41) is 0. The zero-order chi connectivity index (χ0) is 18.3. The van der Waals surface area contributed by atoms with Gasteiger partial charge in [-0.2, -0.15) is 0 Å². The van der Waals surface area contributed by atoms with E-state index >= 15 is 0 Å². The van der Waals surface area contributed by atoms with E-state index in [2.05, 4.69) is 45.0 Å². The number of nitrogens with zero attached hydrogens (tertiary/aromatic N) is 2. The van der Waals surface area contributed by atoms with Crippen LogP contribution in [0.3, 0.4) is 0 Å². The van der Waals surface area contributed by atoms with Crippen molar-refractivity contribution in [2.24, 2.45) is 10.8 Å². The van der Waals surface area contributed by atoms with E-state index < -0.39 is 15.6 Å². The molecule has 2 aliphatic rings. The third-order valence-electron chi connectivity index (χ3n) is 4.91. The number of ketones is 1. The second-order valence-electron chi connectivity index (χ2n) is 7.84. The van der Waals surface area contributed by atoms with Crippen LogP contribution in [-0.2, 0) is 14.6 Å². The van der Waals surface area contributed by atoms with Crippen LogP contribution in [0.2, 0.25) is 0 Å². The van der Waals surface area contributed by atoms with Gasteiger partial charge in [-0.05, 0) is 0 Å². The molecule has 0 bridgehead atoms. The number of hydrogen-bond donors (Lipinski definition) is 0. The molecule has 2 fully saturated rings. The Bertz CT molecular complexity index is 667. The minimum atomic E-state index is -3.46. The van der Waals surface area contributed by atoms with Gasteiger partial charge in [-0.1, -0.05) is 0 Å². The SMILES string of the molecule is CN(CC(=O)CS(=O)(=O)CN(C)C(=[Se])C1(C)CC1)C(=[Se])C1(C)CC1. The summed E-state index contributed by atoms with van der Waals surface area (Å²) in [4.78, 5) is 15.8. The number of carbonyl (C=O) groups excluding carboxylic acids is 1. The van der Waals surface area contributed by atoms with Gasteiger partial charge in [0.2, 0.25) is 0 Å². The second kappa shape index (κ2) is 6.96. The fraction of sp³-hybridized carbons (Fsp3) is 0.812. The normalized spacial score (nSPS) is 20.2. The van der Waals surface area contributed by atoms with Crippen LogP contribution in [0.4, 0.5) is 0 Å². The van der Waals surface area contributed by atoms with E-state index in [0.29, 0.717) is 0 Å². The predicted octanol–water partition coefficient (Wildman–Crippen LogP) is -0.0116. The van der Waals surface area contributed by atoms with Crippen molar-refractivity contribution in [2.75, 3.05) is 32.3 Å². The molecule has 0 aromatic rings. The summed E-state index contributed by atoms with van der Waals surface area (Å²) >= 11 is 6.05.